The molecule has 27 heavy (non-hydrogen) atoms. The Bertz CT molecular complexity index is 1080. The van der Waals surface area contributed by atoms with Crippen molar-refractivity contribution in [2.45, 2.75) is 20.4 Å². The minimum atomic E-state index is -0.274. The Morgan fingerprint density at radius 3 is 2.41 bits per heavy atom. The molecule has 4 aromatic rings. The van der Waals surface area contributed by atoms with Crippen molar-refractivity contribution in [2.75, 3.05) is 6.61 Å². The molecule has 0 aliphatic carbocycles. The van der Waals surface area contributed by atoms with Crippen LogP contribution < -0.4 is 4.74 Å². The van der Waals surface area contributed by atoms with Gasteiger partial charge in [0.25, 0.3) is 0 Å². The lowest BCUT2D eigenvalue weighted by Gasteiger charge is -2.12. The summed E-state index contributed by atoms with van der Waals surface area (Å²) in [5, 5.41) is 0. The number of aryl methyl sites for hydroxylation is 2. The molecule has 0 aliphatic heterocycles. The summed E-state index contributed by atoms with van der Waals surface area (Å²) in [5.41, 5.74) is 4.66. The maximum absolute atomic E-state index is 14.4. The zero-order chi connectivity index (χ0) is 18.8. The Balaban J connectivity index is 1.66. The lowest BCUT2D eigenvalue weighted by Crippen LogP contribution is -2.10. The van der Waals surface area contributed by atoms with Crippen molar-refractivity contribution < 1.29 is 9.13 Å². The van der Waals surface area contributed by atoms with Crippen LogP contribution >= 0.6 is 0 Å². The van der Waals surface area contributed by atoms with Gasteiger partial charge in [0.15, 0.2) is 0 Å². The molecule has 0 N–H and O–H groups in total. The minimum Gasteiger partial charge on any atom is -0.492 e. The SMILES string of the molecule is Cc1cc(C)cc(OCCn2c(-c3ccccc3F)nc3ccccc32)c1. The maximum Gasteiger partial charge on any atom is 0.144 e. The summed E-state index contributed by atoms with van der Waals surface area (Å²) in [4.78, 5) is 4.67. The van der Waals surface area contributed by atoms with E-state index >= 15 is 0 Å². The van der Waals surface area contributed by atoms with Crippen LogP contribution in [0.25, 0.3) is 22.4 Å². The number of hydrogen-bond donors (Lipinski definition) is 0. The highest BCUT2D eigenvalue weighted by Crippen LogP contribution is 2.27. The molecule has 0 radical (unpaired) electrons. The predicted octanol–water partition coefficient (Wildman–Crippen LogP) is 5.54. The number of rotatable bonds is 5. The fraction of sp³-hybridized carbons (Fsp3) is 0.174. The number of fused-ring (bicyclic) bond motifs is 1. The van der Waals surface area contributed by atoms with Crippen molar-refractivity contribution in [1.29, 1.82) is 0 Å². The van der Waals surface area contributed by atoms with Gasteiger partial charge in [0.2, 0.25) is 0 Å². The normalized spacial score (nSPS) is 11.1. The molecule has 4 rings (SSSR count). The van der Waals surface area contributed by atoms with Crippen molar-refractivity contribution in [3.63, 3.8) is 0 Å². The average molecular weight is 360 g/mol. The topological polar surface area (TPSA) is 27.1 Å². The molecule has 0 amide bonds. The smallest absolute Gasteiger partial charge is 0.144 e. The molecule has 1 heterocycles. The van der Waals surface area contributed by atoms with Gasteiger partial charge in [0.1, 0.15) is 24.0 Å². The molecule has 0 bridgehead atoms. The van der Waals surface area contributed by atoms with Gasteiger partial charge < -0.3 is 9.30 Å². The summed E-state index contributed by atoms with van der Waals surface area (Å²) in [5.74, 6) is 1.20. The molecule has 0 spiro atoms. The second-order valence-electron chi connectivity index (χ2n) is 6.73. The van der Waals surface area contributed by atoms with Gasteiger partial charge in [-0.3, -0.25) is 0 Å². The number of imidazole rings is 1. The Morgan fingerprint density at radius 1 is 0.926 bits per heavy atom. The van der Waals surface area contributed by atoms with Gasteiger partial charge in [-0.15, -0.1) is 0 Å². The maximum atomic E-state index is 14.4. The number of aromatic nitrogens is 2. The molecule has 0 fully saturated rings. The number of para-hydroxylation sites is 2. The van der Waals surface area contributed by atoms with Gasteiger partial charge in [-0.1, -0.05) is 30.3 Å². The Kier molecular flexibility index (Phi) is 4.63. The molecule has 0 aliphatic rings. The molecule has 0 saturated heterocycles. The van der Waals surface area contributed by atoms with E-state index in [0.717, 1.165) is 16.8 Å². The van der Waals surface area contributed by atoms with E-state index in [-0.39, 0.29) is 5.82 Å². The highest BCUT2D eigenvalue weighted by molar-refractivity contribution is 5.80. The summed E-state index contributed by atoms with van der Waals surface area (Å²) in [7, 11) is 0. The monoisotopic (exact) mass is 360 g/mol. The fourth-order valence-electron chi connectivity index (χ4n) is 3.42. The summed E-state index contributed by atoms with van der Waals surface area (Å²) >= 11 is 0. The van der Waals surface area contributed by atoms with Crippen LogP contribution in [0.4, 0.5) is 4.39 Å². The third kappa shape index (κ3) is 3.56. The van der Waals surface area contributed by atoms with Crippen molar-refractivity contribution >= 4 is 11.0 Å². The first-order valence-corrected chi connectivity index (χ1v) is 9.03. The zero-order valence-corrected chi connectivity index (χ0v) is 15.4. The minimum absolute atomic E-state index is 0.274. The average Bonchev–Trinajstić information content (AvgIpc) is 3.00. The number of halogens is 1. The summed E-state index contributed by atoms with van der Waals surface area (Å²) in [6.45, 7) is 5.17. The number of benzene rings is 3. The first kappa shape index (κ1) is 17.3. The molecule has 1 aromatic heterocycles. The summed E-state index contributed by atoms with van der Waals surface area (Å²) in [6, 6.07) is 20.8. The third-order valence-electron chi connectivity index (χ3n) is 4.55. The quantitative estimate of drug-likeness (QED) is 0.467. The van der Waals surface area contributed by atoms with Crippen LogP contribution in [0.2, 0.25) is 0 Å². The Morgan fingerprint density at radius 2 is 1.63 bits per heavy atom. The molecule has 4 heteroatoms. The molecule has 3 aromatic carbocycles. The molecular formula is C23H21FN2O. The van der Waals surface area contributed by atoms with Gasteiger partial charge in [-0.2, -0.15) is 0 Å². The van der Waals surface area contributed by atoms with Gasteiger partial charge in [0.05, 0.1) is 23.1 Å². The van der Waals surface area contributed by atoms with Crippen LogP contribution in [0.3, 0.4) is 0 Å². The van der Waals surface area contributed by atoms with E-state index < -0.39 is 0 Å². The van der Waals surface area contributed by atoms with Crippen LogP contribution in [0.1, 0.15) is 11.1 Å². The van der Waals surface area contributed by atoms with Gasteiger partial charge in [-0.25, -0.2) is 9.37 Å². The largest absolute Gasteiger partial charge is 0.492 e. The fourth-order valence-corrected chi connectivity index (χ4v) is 3.42. The van der Waals surface area contributed by atoms with E-state index in [0.29, 0.717) is 24.5 Å². The molecular weight excluding hydrogens is 339 g/mol. The number of nitrogens with zero attached hydrogens (tertiary/aromatic N) is 2. The number of ether oxygens (including phenoxy) is 1. The van der Waals surface area contributed by atoms with E-state index in [4.69, 9.17) is 4.74 Å². The Hall–Kier alpha value is -3.14. The van der Waals surface area contributed by atoms with E-state index in [1.807, 2.05) is 47.0 Å². The highest BCUT2D eigenvalue weighted by atomic mass is 19.1. The van der Waals surface area contributed by atoms with Crippen LogP contribution in [0.15, 0.2) is 66.7 Å². The van der Waals surface area contributed by atoms with E-state index in [2.05, 4.69) is 24.9 Å². The third-order valence-corrected chi connectivity index (χ3v) is 4.55. The lowest BCUT2D eigenvalue weighted by molar-refractivity contribution is 0.300. The summed E-state index contributed by atoms with van der Waals surface area (Å²) in [6.07, 6.45) is 0. The number of hydrogen-bond acceptors (Lipinski definition) is 2. The summed E-state index contributed by atoms with van der Waals surface area (Å²) < 4.78 is 22.4. The molecule has 0 saturated carbocycles. The highest BCUT2D eigenvalue weighted by Gasteiger charge is 2.15. The van der Waals surface area contributed by atoms with Crippen LogP contribution in [0, 0.1) is 19.7 Å². The van der Waals surface area contributed by atoms with Crippen LogP contribution in [-0.4, -0.2) is 16.2 Å². The molecule has 3 nitrogen and oxygen atoms in total. The second kappa shape index (κ2) is 7.23. The van der Waals surface area contributed by atoms with E-state index in [1.54, 1.807) is 12.1 Å². The van der Waals surface area contributed by atoms with Crippen molar-refractivity contribution in [1.82, 2.24) is 9.55 Å². The molecule has 136 valence electrons. The molecule has 0 atom stereocenters. The van der Waals surface area contributed by atoms with Gasteiger partial charge >= 0.3 is 0 Å². The van der Waals surface area contributed by atoms with Crippen LogP contribution in [-0.2, 0) is 6.54 Å². The first-order valence-electron chi connectivity index (χ1n) is 9.03. The lowest BCUT2D eigenvalue weighted by atomic mass is 10.1. The molecule has 0 unspecified atom stereocenters. The van der Waals surface area contributed by atoms with Crippen LogP contribution in [0.5, 0.6) is 5.75 Å². The van der Waals surface area contributed by atoms with Crippen molar-refractivity contribution in [3.8, 4) is 17.1 Å². The predicted molar refractivity (Wildman–Crippen MR) is 107 cm³/mol. The van der Waals surface area contributed by atoms with Gasteiger partial charge in [-0.05, 0) is 61.4 Å². The van der Waals surface area contributed by atoms with Crippen molar-refractivity contribution in [3.05, 3.63) is 83.7 Å². The van der Waals surface area contributed by atoms with Crippen molar-refractivity contribution in [2.24, 2.45) is 0 Å². The zero-order valence-electron chi connectivity index (χ0n) is 15.4. The Labute approximate surface area is 158 Å². The standard InChI is InChI=1S/C23H21FN2O/c1-16-13-17(2)15-18(14-16)27-12-11-26-22-10-6-5-9-21(22)25-23(26)19-7-3-4-8-20(19)24/h3-10,13-15H,11-12H2,1-2H3. The second-order valence-corrected chi connectivity index (χ2v) is 6.73. The van der Waals surface area contributed by atoms with E-state index in [1.165, 1.54) is 17.2 Å². The van der Waals surface area contributed by atoms with E-state index in [9.17, 15) is 4.39 Å². The van der Waals surface area contributed by atoms with Gasteiger partial charge in [0, 0.05) is 0 Å². The first-order chi connectivity index (χ1) is 13.1.